The summed E-state index contributed by atoms with van der Waals surface area (Å²) in [6.07, 6.45) is 2.65. The Kier molecular flexibility index (Phi) is 5.80. The Bertz CT molecular complexity index is 653. The van der Waals surface area contributed by atoms with Gasteiger partial charge in [-0.15, -0.1) is 12.4 Å². The van der Waals surface area contributed by atoms with Gasteiger partial charge in [0.05, 0.1) is 17.8 Å². The predicted molar refractivity (Wildman–Crippen MR) is 93.0 cm³/mol. The van der Waals surface area contributed by atoms with Crippen LogP contribution in [0.2, 0.25) is 0 Å². The van der Waals surface area contributed by atoms with Gasteiger partial charge in [-0.3, -0.25) is 9.89 Å². The number of rotatable bonds is 3. The second kappa shape index (κ2) is 7.62. The third-order valence-electron chi connectivity index (χ3n) is 4.34. The Balaban J connectivity index is 0.00000192. The number of piperazine rings is 1. The maximum atomic E-state index is 12.8. The molecule has 1 aromatic heterocycles. The number of aromatic amines is 1. The first kappa shape index (κ1) is 17.5. The lowest BCUT2D eigenvalue weighted by atomic mass is 10.00. The molecular formula is C17H23ClN4O. The van der Waals surface area contributed by atoms with Gasteiger partial charge in [0.1, 0.15) is 0 Å². The van der Waals surface area contributed by atoms with Gasteiger partial charge >= 0.3 is 0 Å². The van der Waals surface area contributed by atoms with Gasteiger partial charge in [0, 0.05) is 25.3 Å². The van der Waals surface area contributed by atoms with Crippen LogP contribution in [0.3, 0.4) is 0 Å². The highest BCUT2D eigenvalue weighted by atomic mass is 35.5. The first-order chi connectivity index (χ1) is 10.7. The van der Waals surface area contributed by atoms with Crippen LogP contribution in [0.15, 0.2) is 30.5 Å². The molecule has 2 N–H and O–H groups in total. The summed E-state index contributed by atoms with van der Waals surface area (Å²) < 4.78 is 0. The summed E-state index contributed by atoms with van der Waals surface area (Å²) in [7, 11) is 0. The number of hydrogen-bond acceptors (Lipinski definition) is 3. The van der Waals surface area contributed by atoms with Crippen molar-refractivity contribution in [1.29, 1.82) is 0 Å². The van der Waals surface area contributed by atoms with Crippen LogP contribution in [0.5, 0.6) is 0 Å². The van der Waals surface area contributed by atoms with E-state index in [9.17, 15) is 4.79 Å². The number of H-pyrrole nitrogens is 1. The number of aromatic nitrogens is 2. The molecule has 1 fully saturated rings. The maximum absolute atomic E-state index is 12.8. The van der Waals surface area contributed by atoms with Gasteiger partial charge in [-0.2, -0.15) is 5.10 Å². The standard InChI is InChI=1S/C17H22N4O.ClH/c1-3-13-4-6-14(7-5-13)16-11-18-8-9-21(16)17(22)15-10-19-20-12(15)2;/h4-7,10,16,18H,3,8-9,11H2,1-2H3,(H,19,20);1H. The number of nitrogens with zero attached hydrogens (tertiary/aromatic N) is 2. The molecule has 124 valence electrons. The topological polar surface area (TPSA) is 61.0 Å². The van der Waals surface area contributed by atoms with E-state index in [0.29, 0.717) is 12.1 Å². The number of amides is 1. The third kappa shape index (κ3) is 3.57. The van der Waals surface area contributed by atoms with Crippen molar-refractivity contribution < 1.29 is 4.79 Å². The zero-order valence-corrected chi connectivity index (χ0v) is 14.3. The van der Waals surface area contributed by atoms with Crippen LogP contribution in [-0.2, 0) is 6.42 Å². The summed E-state index contributed by atoms with van der Waals surface area (Å²) in [4.78, 5) is 14.8. The number of carbonyl (C=O) groups excluding carboxylic acids is 1. The molecule has 1 aromatic carbocycles. The molecule has 0 radical (unpaired) electrons. The Morgan fingerprint density at radius 2 is 2.09 bits per heavy atom. The number of carbonyl (C=O) groups is 1. The fraction of sp³-hybridized carbons (Fsp3) is 0.412. The maximum Gasteiger partial charge on any atom is 0.257 e. The van der Waals surface area contributed by atoms with Gasteiger partial charge in [0.25, 0.3) is 5.91 Å². The average Bonchev–Trinajstić information content (AvgIpc) is 3.00. The van der Waals surface area contributed by atoms with Gasteiger partial charge in [-0.05, 0) is 24.5 Å². The van der Waals surface area contributed by atoms with Gasteiger partial charge in [-0.25, -0.2) is 0 Å². The van der Waals surface area contributed by atoms with E-state index in [-0.39, 0.29) is 24.4 Å². The van der Waals surface area contributed by atoms with E-state index in [1.54, 1.807) is 6.20 Å². The van der Waals surface area contributed by atoms with Crippen LogP contribution in [-0.4, -0.2) is 40.6 Å². The van der Waals surface area contributed by atoms with Crippen molar-refractivity contribution in [2.45, 2.75) is 26.3 Å². The lowest BCUT2D eigenvalue weighted by Gasteiger charge is -2.36. The molecule has 1 amide bonds. The van der Waals surface area contributed by atoms with Crippen molar-refractivity contribution in [3.05, 3.63) is 52.8 Å². The van der Waals surface area contributed by atoms with E-state index in [2.05, 4.69) is 46.7 Å². The Morgan fingerprint density at radius 3 is 2.70 bits per heavy atom. The lowest BCUT2D eigenvalue weighted by molar-refractivity contribution is 0.0633. The van der Waals surface area contributed by atoms with Gasteiger partial charge in [0.2, 0.25) is 0 Å². The van der Waals surface area contributed by atoms with Gasteiger partial charge in [-0.1, -0.05) is 31.2 Å². The van der Waals surface area contributed by atoms with Crippen molar-refractivity contribution in [1.82, 2.24) is 20.4 Å². The smallest absolute Gasteiger partial charge is 0.257 e. The molecule has 1 saturated heterocycles. The van der Waals surface area contributed by atoms with Crippen LogP contribution >= 0.6 is 12.4 Å². The van der Waals surface area contributed by atoms with Crippen molar-refractivity contribution in [3.63, 3.8) is 0 Å². The van der Waals surface area contributed by atoms with E-state index < -0.39 is 0 Å². The van der Waals surface area contributed by atoms with Crippen LogP contribution in [0.1, 0.15) is 40.1 Å². The molecule has 6 heteroatoms. The quantitative estimate of drug-likeness (QED) is 0.906. The van der Waals surface area contributed by atoms with E-state index in [1.807, 2.05) is 11.8 Å². The van der Waals surface area contributed by atoms with Crippen molar-refractivity contribution in [2.75, 3.05) is 19.6 Å². The molecule has 0 spiro atoms. The number of benzene rings is 1. The second-order valence-corrected chi connectivity index (χ2v) is 5.72. The molecule has 2 heterocycles. The molecule has 2 aromatic rings. The molecule has 5 nitrogen and oxygen atoms in total. The molecule has 3 rings (SSSR count). The van der Waals surface area contributed by atoms with E-state index in [1.165, 1.54) is 11.1 Å². The molecule has 1 aliphatic rings. The van der Waals surface area contributed by atoms with Gasteiger partial charge in [0.15, 0.2) is 0 Å². The molecule has 0 aliphatic carbocycles. The van der Waals surface area contributed by atoms with Crippen molar-refractivity contribution >= 4 is 18.3 Å². The first-order valence-corrected chi connectivity index (χ1v) is 7.81. The summed E-state index contributed by atoms with van der Waals surface area (Å²) in [5.74, 6) is 0.0531. The second-order valence-electron chi connectivity index (χ2n) is 5.72. The lowest BCUT2D eigenvalue weighted by Crippen LogP contribution is -2.48. The zero-order chi connectivity index (χ0) is 15.5. The third-order valence-corrected chi connectivity index (χ3v) is 4.34. The average molecular weight is 335 g/mol. The van der Waals surface area contributed by atoms with Gasteiger partial charge < -0.3 is 10.2 Å². The minimum absolute atomic E-state index is 0. The molecule has 23 heavy (non-hydrogen) atoms. The number of hydrogen-bond donors (Lipinski definition) is 2. The molecule has 1 atom stereocenters. The van der Waals surface area contributed by atoms with Crippen LogP contribution in [0.4, 0.5) is 0 Å². The normalized spacial score (nSPS) is 17.7. The minimum Gasteiger partial charge on any atom is -0.329 e. The summed E-state index contributed by atoms with van der Waals surface area (Å²) in [6, 6.07) is 8.64. The largest absolute Gasteiger partial charge is 0.329 e. The van der Waals surface area contributed by atoms with E-state index in [0.717, 1.165) is 25.2 Å². The van der Waals surface area contributed by atoms with Crippen molar-refractivity contribution in [2.24, 2.45) is 0 Å². The Hall–Kier alpha value is -1.85. The molecular weight excluding hydrogens is 312 g/mol. The van der Waals surface area contributed by atoms with Crippen LogP contribution < -0.4 is 5.32 Å². The summed E-state index contributed by atoms with van der Waals surface area (Å²) in [5.41, 5.74) is 3.98. The highest BCUT2D eigenvalue weighted by Crippen LogP contribution is 2.25. The molecule has 1 unspecified atom stereocenters. The predicted octanol–water partition coefficient (Wildman–Crippen LogP) is 2.49. The monoisotopic (exact) mass is 334 g/mol. The zero-order valence-electron chi connectivity index (χ0n) is 13.5. The number of halogens is 1. The molecule has 1 aliphatic heterocycles. The first-order valence-electron chi connectivity index (χ1n) is 7.81. The summed E-state index contributed by atoms with van der Waals surface area (Å²) in [5, 5.41) is 10.2. The minimum atomic E-state index is 0. The summed E-state index contributed by atoms with van der Waals surface area (Å²) >= 11 is 0. The Labute approximate surface area is 142 Å². The number of nitrogens with one attached hydrogen (secondary N) is 2. The molecule has 0 bridgehead atoms. The SMILES string of the molecule is CCc1ccc(C2CNCCN2C(=O)c2cn[nH]c2C)cc1.Cl. The van der Waals surface area contributed by atoms with E-state index in [4.69, 9.17) is 0 Å². The van der Waals surface area contributed by atoms with Crippen LogP contribution in [0.25, 0.3) is 0 Å². The van der Waals surface area contributed by atoms with Crippen molar-refractivity contribution in [3.8, 4) is 0 Å². The highest BCUT2D eigenvalue weighted by Gasteiger charge is 2.29. The highest BCUT2D eigenvalue weighted by molar-refractivity contribution is 5.95. The fourth-order valence-corrected chi connectivity index (χ4v) is 2.94. The summed E-state index contributed by atoms with van der Waals surface area (Å²) in [6.45, 7) is 6.35. The van der Waals surface area contributed by atoms with E-state index >= 15 is 0 Å². The molecule has 0 saturated carbocycles. The fourth-order valence-electron chi connectivity index (χ4n) is 2.94. The van der Waals surface area contributed by atoms with Crippen LogP contribution in [0, 0.1) is 6.92 Å². The number of aryl methyl sites for hydroxylation is 2. The Morgan fingerprint density at radius 1 is 1.35 bits per heavy atom.